The lowest BCUT2D eigenvalue weighted by Gasteiger charge is -2.06. The molecule has 0 aromatic carbocycles. The Bertz CT molecular complexity index is 444. The highest BCUT2D eigenvalue weighted by Crippen LogP contribution is 2.21. The van der Waals surface area contributed by atoms with Gasteiger partial charge in [0.2, 0.25) is 0 Å². The Labute approximate surface area is 91.1 Å². The van der Waals surface area contributed by atoms with Gasteiger partial charge in [0.1, 0.15) is 5.56 Å². The molecule has 0 fully saturated rings. The molecule has 1 aromatic rings. The molecule has 0 atom stereocenters. The van der Waals surface area contributed by atoms with Crippen molar-refractivity contribution in [1.82, 2.24) is 4.98 Å². The average molecular weight is 282 g/mol. The fourth-order valence-electron chi connectivity index (χ4n) is 1.05. The zero-order chi connectivity index (χ0) is 11.6. The summed E-state index contributed by atoms with van der Waals surface area (Å²) >= 11 is 2.94. The van der Waals surface area contributed by atoms with Gasteiger partial charge in [0.05, 0.1) is 5.69 Å². The van der Waals surface area contributed by atoms with E-state index in [0.29, 0.717) is 0 Å². The van der Waals surface area contributed by atoms with Crippen LogP contribution in [0.4, 0.5) is 8.78 Å². The second-order valence-corrected chi connectivity index (χ2v) is 3.25. The van der Waals surface area contributed by atoms with Crippen molar-refractivity contribution in [2.75, 3.05) is 0 Å². The van der Waals surface area contributed by atoms with Crippen LogP contribution in [0.1, 0.15) is 28.0 Å². The summed E-state index contributed by atoms with van der Waals surface area (Å²) in [6, 6.07) is 0.942. The summed E-state index contributed by atoms with van der Waals surface area (Å²) in [4.78, 5) is 23.5. The number of carbonyl (C=O) groups is 1. The largest absolute Gasteiger partial charge is 0.477 e. The summed E-state index contributed by atoms with van der Waals surface area (Å²) in [6.45, 7) is 0. The molecular formula is C8H6BrF2NO3. The van der Waals surface area contributed by atoms with Crippen LogP contribution in [0.25, 0.3) is 0 Å². The van der Waals surface area contributed by atoms with Crippen LogP contribution in [-0.2, 0) is 5.33 Å². The molecule has 82 valence electrons. The number of hydrogen-bond acceptors (Lipinski definition) is 2. The minimum absolute atomic E-state index is 0.0454. The van der Waals surface area contributed by atoms with Crippen molar-refractivity contribution >= 4 is 21.9 Å². The molecule has 0 spiro atoms. The Kier molecular flexibility index (Phi) is 3.57. The van der Waals surface area contributed by atoms with Crippen molar-refractivity contribution in [2.45, 2.75) is 11.8 Å². The zero-order valence-corrected chi connectivity index (χ0v) is 8.85. The molecule has 0 saturated heterocycles. The molecule has 0 radical (unpaired) electrons. The second kappa shape index (κ2) is 4.52. The molecule has 0 amide bonds. The smallest absolute Gasteiger partial charge is 0.341 e. The van der Waals surface area contributed by atoms with E-state index in [1.165, 1.54) is 0 Å². The van der Waals surface area contributed by atoms with Crippen LogP contribution in [0.15, 0.2) is 10.9 Å². The lowest BCUT2D eigenvalue weighted by molar-refractivity contribution is 0.0694. The molecule has 0 unspecified atom stereocenters. The van der Waals surface area contributed by atoms with E-state index in [0.717, 1.165) is 6.07 Å². The number of hydrogen-bond donors (Lipinski definition) is 2. The van der Waals surface area contributed by atoms with Crippen LogP contribution in [-0.4, -0.2) is 16.1 Å². The van der Waals surface area contributed by atoms with Crippen molar-refractivity contribution in [3.63, 3.8) is 0 Å². The average Bonchev–Trinajstić information content (AvgIpc) is 2.16. The van der Waals surface area contributed by atoms with Crippen molar-refractivity contribution in [3.05, 3.63) is 33.2 Å². The maximum absolute atomic E-state index is 12.4. The number of aromatic nitrogens is 1. The standard InChI is InChI=1S/C8H6BrF2NO3/c9-2-3-1-4(8(14)15)7(13)12-5(3)6(10)11/h1,6H,2H2,(H,12,13)(H,14,15). The van der Waals surface area contributed by atoms with Gasteiger partial charge in [0.15, 0.2) is 0 Å². The summed E-state index contributed by atoms with van der Waals surface area (Å²) in [5.74, 6) is -1.45. The van der Waals surface area contributed by atoms with E-state index >= 15 is 0 Å². The van der Waals surface area contributed by atoms with Crippen molar-refractivity contribution in [2.24, 2.45) is 0 Å². The molecule has 0 saturated carbocycles. The van der Waals surface area contributed by atoms with E-state index in [1.54, 1.807) is 0 Å². The van der Waals surface area contributed by atoms with Gasteiger partial charge in [0, 0.05) is 5.33 Å². The molecule has 0 aliphatic rings. The molecule has 1 aromatic heterocycles. The highest BCUT2D eigenvalue weighted by Gasteiger charge is 2.18. The number of H-pyrrole nitrogens is 1. The number of aromatic amines is 1. The maximum Gasteiger partial charge on any atom is 0.341 e. The minimum atomic E-state index is -2.84. The van der Waals surface area contributed by atoms with Crippen molar-refractivity contribution < 1.29 is 18.7 Å². The van der Waals surface area contributed by atoms with Crippen LogP contribution in [0.2, 0.25) is 0 Å². The lowest BCUT2D eigenvalue weighted by Crippen LogP contribution is -2.20. The molecule has 4 nitrogen and oxygen atoms in total. The number of aromatic carboxylic acids is 1. The van der Waals surface area contributed by atoms with Gasteiger partial charge in [-0.05, 0) is 11.6 Å². The van der Waals surface area contributed by atoms with E-state index in [9.17, 15) is 18.4 Å². The quantitative estimate of drug-likeness (QED) is 0.832. The van der Waals surface area contributed by atoms with E-state index in [2.05, 4.69) is 15.9 Å². The SMILES string of the molecule is O=C(O)c1cc(CBr)c(C(F)F)[nH]c1=O. The molecular weight excluding hydrogens is 276 g/mol. The number of alkyl halides is 3. The molecule has 1 heterocycles. The van der Waals surface area contributed by atoms with Crippen LogP contribution in [0.3, 0.4) is 0 Å². The molecule has 0 aliphatic carbocycles. The lowest BCUT2D eigenvalue weighted by atomic mass is 10.1. The van der Waals surface area contributed by atoms with Gasteiger partial charge in [-0.1, -0.05) is 15.9 Å². The summed E-state index contributed by atoms with van der Waals surface area (Å²) in [5, 5.41) is 8.64. The van der Waals surface area contributed by atoms with Gasteiger partial charge in [-0.3, -0.25) is 4.79 Å². The topological polar surface area (TPSA) is 70.2 Å². The highest BCUT2D eigenvalue weighted by molar-refractivity contribution is 9.08. The predicted octanol–water partition coefficient (Wildman–Crippen LogP) is 1.91. The third-order valence-corrected chi connectivity index (χ3v) is 2.35. The normalized spacial score (nSPS) is 10.7. The van der Waals surface area contributed by atoms with Crippen molar-refractivity contribution in [1.29, 1.82) is 0 Å². The van der Waals surface area contributed by atoms with E-state index in [-0.39, 0.29) is 10.9 Å². The minimum Gasteiger partial charge on any atom is -0.477 e. The number of carboxylic acids is 1. The van der Waals surface area contributed by atoms with Gasteiger partial charge in [-0.25, -0.2) is 13.6 Å². The molecule has 0 bridgehead atoms. The predicted molar refractivity (Wildman–Crippen MR) is 51.6 cm³/mol. The van der Waals surface area contributed by atoms with Crippen LogP contribution in [0.5, 0.6) is 0 Å². The van der Waals surface area contributed by atoms with E-state index in [1.807, 2.05) is 4.98 Å². The number of carboxylic acid groups (broad SMARTS) is 1. The molecule has 2 N–H and O–H groups in total. The van der Waals surface area contributed by atoms with Gasteiger partial charge >= 0.3 is 5.97 Å². The summed E-state index contributed by atoms with van der Waals surface area (Å²) < 4.78 is 24.8. The fraction of sp³-hybridized carbons (Fsp3) is 0.250. The van der Waals surface area contributed by atoms with Gasteiger partial charge in [0.25, 0.3) is 12.0 Å². The summed E-state index contributed by atoms with van der Waals surface area (Å²) in [5.41, 5.74) is -2.07. The highest BCUT2D eigenvalue weighted by atomic mass is 79.9. The van der Waals surface area contributed by atoms with Crippen LogP contribution >= 0.6 is 15.9 Å². The Morgan fingerprint density at radius 2 is 2.20 bits per heavy atom. The molecule has 0 aliphatic heterocycles. The first kappa shape index (κ1) is 11.8. The Balaban J connectivity index is 3.42. The molecule has 7 heteroatoms. The Morgan fingerprint density at radius 3 is 2.60 bits per heavy atom. The van der Waals surface area contributed by atoms with Crippen LogP contribution < -0.4 is 5.56 Å². The van der Waals surface area contributed by atoms with Gasteiger partial charge < -0.3 is 10.1 Å². The maximum atomic E-state index is 12.4. The Hall–Kier alpha value is -1.24. The first-order valence-corrected chi connectivity index (χ1v) is 4.93. The number of rotatable bonds is 3. The monoisotopic (exact) mass is 281 g/mol. The van der Waals surface area contributed by atoms with Crippen LogP contribution in [0, 0.1) is 0 Å². The molecule has 1 rings (SSSR count). The number of pyridine rings is 1. The summed E-state index contributed by atoms with van der Waals surface area (Å²) in [7, 11) is 0. The van der Waals surface area contributed by atoms with Gasteiger partial charge in [-0.2, -0.15) is 0 Å². The number of halogens is 3. The van der Waals surface area contributed by atoms with E-state index < -0.39 is 29.2 Å². The van der Waals surface area contributed by atoms with Gasteiger partial charge in [-0.15, -0.1) is 0 Å². The zero-order valence-electron chi connectivity index (χ0n) is 7.26. The third-order valence-electron chi connectivity index (χ3n) is 1.75. The summed E-state index contributed by atoms with van der Waals surface area (Å²) in [6.07, 6.45) is -2.84. The first-order valence-electron chi connectivity index (χ1n) is 3.81. The third kappa shape index (κ3) is 2.41. The van der Waals surface area contributed by atoms with E-state index in [4.69, 9.17) is 5.11 Å². The second-order valence-electron chi connectivity index (χ2n) is 2.69. The molecule has 15 heavy (non-hydrogen) atoms. The number of nitrogens with one attached hydrogen (secondary N) is 1. The Morgan fingerprint density at radius 1 is 1.60 bits per heavy atom. The first-order chi connectivity index (χ1) is 6.97. The van der Waals surface area contributed by atoms with Crippen molar-refractivity contribution in [3.8, 4) is 0 Å². The fourth-order valence-corrected chi connectivity index (χ4v) is 1.52.